The van der Waals surface area contributed by atoms with Gasteiger partial charge < -0.3 is 10.2 Å². The second-order valence-electron chi connectivity index (χ2n) is 5.47. The van der Waals surface area contributed by atoms with Crippen LogP contribution in [0.4, 0.5) is 5.82 Å². The van der Waals surface area contributed by atoms with Crippen molar-refractivity contribution in [3.05, 3.63) is 22.8 Å². The Morgan fingerprint density at radius 2 is 2.32 bits per heavy atom. The number of halogens is 1. The van der Waals surface area contributed by atoms with E-state index in [2.05, 4.69) is 24.1 Å². The molecular weight excluding hydrogens is 258 g/mol. The van der Waals surface area contributed by atoms with Gasteiger partial charge >= 0.3 is 0 Å². The zero-order valence-electron chi connectivity index (χ0n) is 12.0. The second kappa shape index (κ2) is 7.11. The first-order chi connectivity index (χ1) is 9.20. The molecule has 1 aromatic heterocycles. The maximum atomic E-state index is 6.22. The van der Waals surface area contributed by atoms with Crippen molar-refractivity contribution in [2.45, 2.75) is 39.7 Å². The van der Waals surface area contributed by atoms with Crippen LogP contribution < -0.4 is 10.2 Å². The molecule has 0 aromatic carbocycles. The number of anilines is 1. The number of aromatic nitrogens is 1. The molecule has 1 aliphatic heterocycles. The first-order valence-electron chi connectivity index (χ1n) is 7.31. The van der Waals surface area contributed by atoms with Gasteiger partial charge in [0, 0.05) is 19.6 Å². The van der Waals surface area contributed by atoms with E-state index in [-0.39, 0.29) is 0 Å². The largest absolute Gasteiger partial charge is 0.356 e. The van der Waals surface area contributed by atoms with Crippen molar-refractivity contribution < 1.29 is 0 Å². The third-order valence-electron chi connectivity index (χ3n) is 3.60. The van der Waals surface area contributed by atoms with Gasteiger partial charge in [-0.3, -0.25) is 0 Å². The summed E-state index contributed by atoms with van der Waals surface area (Å²) >= 11 is 6.22. The quantitative estimate of drug-likeness (QED) is 0.838. The molecule has 1 aliphatic rings. The van der Waals surface area contributed by atoms with Gasteiger partial charge in [-0.15, -0.1) is 0 Å². The smallest absolute Gasteiger partial charge is 0.128 e. The normalized spacial score (nSPS) is 19.7. The SMILES string of the molecule is CCCNCc1nc(N2CCCC(C)C2)ccc1Cl. The molecule has 0 radical (unpaired) electrons. The van der Waals surface area contributed by atoms with Crippen molar-refractivity contribution in [2.75, 3.05) is 24.5 Å². The predicted molar refractivity (Wildman–Crippen MR) is 81.9 cm³/mol. The van der Waals surface area contributed by atoms with Crippen LogP contribution in [-0.4, -0.2) is 24.6 Å². The van der Waals surface area contributed by atoms with E-state index in [1.807, 2.05) is 12.1 Å². The topological polar surface area (TPSA) is 28.2 Å². The fourth-order valence-electron chi connectivity index (χ4n) is 2.55. The predicted octanol–water partition coefficient (Wildman–Crippen LogP) is 3.47. The van der Waals surface area contributed by atoms with Crippen molar-refractivity contribution in [1.82, 2.24) is 10.3 Å². The molecule has 4 heteroatoms. The number of piperidine rings is 1. The molecule has 0 amide bonds. The molecule has 1 aromatic rings. The van der Waals surface area contributed by atoms with Crippen LogP contribution in [0.1, 0.15) is 38.8 Å². The Morgan fingerprint density at radius 3 is 3.05 bits per heavy atom. The summed E-state index contributed by atoms with van der Waals surface area (Å²) in [6, 6.07) is 4.02. The first kappa shape index (κ1) is 14.6. The number of hydrogen-bond donors (Lipinski definition) is 1. The Labute approximate surface area is 121 Å². The third-order valence-corrected chi connectivity index (χ3v) is 3.95. The third kappa shape index (κ3) is 4.08. The van der Waals surface area contributed by atoms with Crippen molar-refractivity contribution >= 4 is 17.4 Å². The molecule has 0 bridgehead atoms. The Kier molecular flexibility index (Phi) is 5.46. The summed E-state index contributed by atoms with van der Waals surface area (Å²) < 4.78 is 0. The van der Waals surface area contributed by atoms with Gasteiger partial charge in [-0.05, 0) is 43.9 Å². The lowest BCUT2D eigenvalue weighted by atomic mass is 10.0. The minimum Gasteiger partial charge on any atom is -0.356 e. The summed E-state index contributed by atoms with van der Waals surface area (Å²) in [7, 11) is 0. The Morgan fingerprint density at radius 1 is 1.47 bits per heavy atom. The molecule has 0 saturated carbocycles. The van der Waals surface area contributed by atoms with Crippen molar-refractivity contribution in [3.63, 3.8) is 0 Å². The monoisotopic (exact) mass is 281 g/mol. The Hall–Kier alpha value is -0.800. The molecule has 0 aliphatic carbocycles. The number of nitrogens with zero attached hydrogens (tertiary/aromatic N) is 2. The van der Waals surface area contributed by atoms with Crippen molar-refractivity contribution in [2.24, 2.45) is 5.92 Å². The molecule has 19 heavy (non-hydrogen) atoms. The molecule has 1 atom stereocenters. The molecule has 0 spiro atoms. The molecule has 106 valence electrons. The summed E-state index contributed by atoms with van der Waals surface area (Å²) in [6.45, 7) is 8.45. The maximum absolute atomic E-state index is 6.22. The number of rotatable bonds is 5. The van der Waals surface area contributed by atoms with E-state index < -0.39 is 0 Å². The summed E-state index contributed by atoms with van der Waals surface area (Å²) in [4.78, 5) is 7.12. The highest BCUT2D eigenvalue weighted by Crippen LogP contribution is 2.24. The summed E-state index contributed by atoms with van der Waals surface area (Å²) in [5.41, 5.74) is 0.964. The van der Waals surface area contributed by atoms with Gasteiger partial charge in [0.05, 0.1) is 10.7 Å². The van der Waals surface area contributed by atoms with Gasteiger partial charge in [0.15, 0.2) is 0 Å². The van der Waals surface area contributed by atoms with Gasteiger partial charge in [-0.25, -0.2) is 4.98 Å². The molecule has 3 nitrogen and oxygen atoms in total. The van der Waals surface area contributed by atoms with E-state index in [1.165, 1.54) is 12.8 Å². The minimum absolute atomic E-state index is 0.754. The van der Waals surface area contributed by atoms with Crippen LogP contribution in [0.5, 0.6) is 0 Å². The summed E-state index contributed by atoms with van der Waals surface area (Å²) in [6.07, 6.45) is 3.71. The fraction of sp³-hybridized carbons (Fsp3) is 0.667. The molecule has 1 N–H and O–H groups in total. The fourth-order valence-corrected chi connectivity index (χ4v) is 2.73. The average Bonchev–Trinajstić information content (AvgIpc) is 2.41. The highest BCUT2D eigenvalue weighted by Gasteiger charge is 2.18. The van der Waals surface area contributed by atoms with E-state index in [9.17, 15) is 0 Å². The maximum Gasteiger partial charge on any atom is 0.128 e. The van der Waals surface area contributed by atoms with Crippen LogP contribution in [0.15, 0.2) is 12.1 Å². The van der Waals surface area contributed by atoms with Gasteiger partial charge in [0.25, 0.3) is 0 Å². The second-order valence-corrected chi connectivity index (χ2v) is 5.88. The van der Waals surface area contributed by atoms with E-state index in [0.717, 1.165) is 55.1 Å². The molecule has 1 unspecified atom stereocenters. The molecule has 2 heterocycles. The standard InChI is InChI=1S/C15H24ClN3/c1-3-8-17-10-14-13(16)6-7-15(18-14)19-9-4-5-12(2)11-19/h6-7,12,17H,3-5,8-11H2,1-2H3. The van der Waals surface area contributed by atoms with Gasteiger partial charge in [0.2, 0.25) is 0 Å². The lowest BCUT2D eigenvalue weighted by molar-refractivity contribution is 0.444. The number of hydrogen-bond acceptors (Lipinski definition) is 3. The lowest BCUT2D eigenvalue weighted by Gasteiger charge is -2.32. The van der Waals surface area contributed by atoms with Gasteiger partial charge in [-0.2, -0.15) is 0 Å². The molecular formula is C15H24ClN3. The van der Waals surface area contributed by atoms with Crippen molar-refractivity contribution in [1.29, 1.82) is 0 Å². The first-order valence-corrected chi connectivity index (χ1v) is 7.69. The van der Waals surface area contributed by atoms with E-state index in [4.69, 9.17) is 16.6 Å². The number of pyridine rings is 1. The molecule has 1 saturated heterocycles. The highest BCUT2D eigenvalue weighted by molar-refractivity contribution is 6.31. The minimum atomic E-state index is 0.754. The van der Waals surface area contributed by atoms with Gasteiger partial charge in [-0.1, -0.05) is 25.4 Å². The van der Waals surface area contributed by atoms with Gasteiger partial charge in [0.1, 0.15) is 5.82 Å². The highest BCUT2D eigenvalue weighted by atomic mass is 35.5. The summed E-state index contributed by atoms with van der Waals surface area (Å²) in [5.74, 6) is 1.83. The molecule has 2 rings (SSSR count). The van der Waals surface area contributed by atoms with Crippen LogP contribution in [0.3, 0.4) is 0 Å². The Bertz CT molecular complexity index is 408. The van der Waals surface area contributed by atoms with Crippen molar-refractivity contribution in [3.8, 4) is 0 Å². The van der Waals surface area contributed by atoms with Crippen LogP contribution in [0.2, 0.25) is 5.02 Å². The van der Waals surface area contributed by atoms with Crippen LogP contribution in [-0.2, 0) is 6.54 Å². The lowest BCUT2D eigenvalue weighted by Crippen LogP contribution is -2.35. The van der Waals surface area contributed by atoms with E-state index >= 15 is 0 Å². The summed E-state index contributed by atoms with van der Waals surface area (Å²) in [5, 5.41) is 4.13. The Balaban J connectivity index is 2.06. The average molecular weight is 282 g/mol. The molecule has 1 fully saturated rings. The van der Waals surface area contributed by atoms with E-state index in [0.29, 0.717) is 0 Å². The number of nitrogens with one attached hydrogen (secondary N) is 1. The zero-order valence-corrected chi connectivity index (χ0v) is 12.7. The van der Waals surface area contributed by atoms with Crippen LogP contribution >= 0.6 is 11.6 Å². The van der Waals surface area contributed by atoms with Crippen LogP contribution in [0.25, 0.3) is 0 Å². The van der Waals surface area contributed by atoms with E-state index in [1.54, 1.807) is 0 Å². The van der Waals surface area contributed by atoms with Crippen LogP contribution in [0, 0.1) is 5.92 Å². The zero-order chi connectivity index (χ0) is 13.7.